The maximum Gasteiger partial charge on any atom is 0.252 e. The van der Waals surface area contributed by atoms with Crippen molar-refractivity contribution in [3.63, 3.8) is 0 Å². The Bertz CT molecular complexity index is 366. The molecule has 1 aromatic rings. The van der Waals surface area contributed by atoms with Gasteiger partial charge in [0.25, 0.3) is 5.91 Å². The molecule has 1 N–H and O–H groups in total. The van der Waals surface area contributed by atoms with Crippen molar-refractivity contribution >= 4 is 29.1 Å². The van der Waals surface area contributed by atoms with Crippen molar-refractivity contribution in [1.29, 1.82) is 0 Å². The van der Waals surface area contributed by atoms with Crippen LogP contribution in [0.15, 0.2) is 12.3 Å². The summed E-state index contributed by atoms with van der Waals surface area (Å²) >= 11 is 11.5. The van der Waals surface area contributed by atoms with E-state index in [1.807, 2.05) is 13.8 Å². The minimum Gasteiger partial charge on any atom is -0.352 e. The van der Waals surface area contributed by atoms with Gasteiger partial charge in [-0.2, -0.15) is 0 Å². The van der Waals surface area contributed by atoms with Gasteiger partial charge < -0.3 is 5.32 Å². The Hall–Kier alpha value is -0.800. The largest absolute Gasteiger partial charge is 0.352 e. The molecule has 82 valence electrons. The lowest BCUT2D eigenvalue weighted by Crippen LogP contribution is -2.27. The fourth-order valence-electron chi connectivity index (χ4n) is 0.979. The molecule has 0 saturated carbocycles. The second kappa shape index (κ2) is 5.33. The zero-order valence-electron chi connectivity index (χ0n) is 8.55. The molecular formula is C10H12Cl2N2O. The highest BCUT2D eigenvalue weighted by Gasteiger charge is 2.11. The minimum absolute atomic E-state index is 0.224. The number of nitrogens with zero attached hydrogens (tertiary/aromatic N) is 1. The first kappa shape index (κ1) is 12.3. The van der Waals surface area contributed by atoms with Gasteiger partial charge in [0.1, 0.15) is 5.15 Å². The topological polar surface area (TPSA) is 42.0 Å². The number of pyridine rings is 1. The lowest BCUT2D eigenvalue weighted by Gasteiger charge is -2.08. The van der Waals surface area contributed by atoms with Gasteiger partial charge >= 0.3 is 0 Å². The van der Waals surface area contributed by atoms with Gasteiger partial charge in [-0.1, -0.05) is 37.0 Å². The zero-order valence-corrected chi connectivity index (χ0v) is 10.1. The smallest absolute Gasteiger partial charge is 0.252 e. The van der Waals surface area contributed by atoms with Crippen LogP contribution in [0.25, 0.3) is 0 Å². The van der Waals surface area contributed by atoms with Gasteiger partial charge in [-0.05, 0) is 12.0 Å². The average molecular weight is 247 g/mol. The van der Waals surface area contributed by atoms with Crippen LogP contribution in [0.2, 0.25) is 10.2 Å². The molecule has 0 aliphatic carbocycles. The number of carbonyl (C=O) groups excluding carboxylic acids is 1. The molecule has 0 aromatic carbocycles. The van der Waals surface area contributed by atoms with Gasteiger partial charge in [-0.15, -0.1) is 0 Å². The number of rotatable bonds is 3. The molecule has 3 nitrogen and oxygen atoms in total. The van der Waals surface area contributed by atoms with Crippen LogP contribution in [0, 0.1) is 5.92 Å². The predicted octanol–water partition coefficient (Wildman–Crippen LogP) is 2.77. The highest BCUT2D eigenvalue weighted by Crippen LogP contribution is 2.17. The van der Waals surface area contributed by atoms with E-state index in [-0.39, 0.29) is 11.1 Å². The normalized spacial score (nSPS) is 10.5. The van der Waals surface area contributed by atoms with Gasteiger partial charge in [0, 0.05) is 12.7 Å². The van der Waals surface area contributed by atoms with Crippen molar-refractivity contribution in [1.82, 2.24) is 10.3 Å². The fourth-order valence-corrected chi connectivity index (χ4v) is 1.33. The third kappa shape index (κ3) is 3.68. The van der Waals surface area contributed by atoms with Crippen LogP contribution >= 0.6 is 23.2 Å². The number of hydrogen-bond donors (Lipinski definition) is 1. The van der Waals surface area contributed by atoms with Crippen LogP contribution in [0.1, 0.15) is 24.2 Å². The Balaban J connectivity index is 2.77. The zero-order chi connectivity index (χ0) is 11.4. The molecule has 0 unspecified atom stereocenters. The maximum absolute atomic E-state index is 11.6. The van der Waals surface area contributed by atoms with Crippen LogP contribution in [0.5, 0.6) is 0 Å². The molecule has 1 aromatic heterocycles. The summed E-state index contributed by atoms with van der Waals surface area (Å²) in [4.78, 5) is 15.4. The van der Waals surface area contributed by atoms with E-state index in [1.54, 1.807) is 0 Å². The van der Waals surface area contributed by atoms with E-state index in [2.05, 4.69) is 10.3 Å². The predicted molar refractivity (Wildman–Crippen MR) is 61.4 cm³/mol. The van der Waals surface area contributed by atoms with E-state index in [0.29, 0.717) is 23.0 Å². The first-order valence-electron chi connectivity index (χ1n) is 4.60. The molecule has 1 heterocycles. The average Bonchev–Trinajstić information content (AvgIpc) is 2.18. The number of halogens is 2. The molecule has 0 radical (unpaired) electrons. The van der Waals surface area contributed by atoms with E-state index < -0.39 is 0 Å². The summed E-state index contributed by atoms with van der Waals surface area (Å²) in [6, 6.07) is 1.46. The number of aromatic nitrogens is 1. The molecule has 0 bridgehead atoms. The molecule has 15 heavy (non-hydrogen) atoms. The molecule has 1 amide bonds. The Morgan fingerprint density at radius 1 is 1.53 bits per heavy atom. The van der Waals surface area contributed by atoms with Crippen molar-refractivity contribution in [2.24, 2.45) is 5.92 Å². The molecule has 1 rings (SSSR count). The van der Waals surface area contributed by atoms with E-state index in [0.717, 1.165) is 0 Å². The summed E-state index contributed by atoms with van der Waals surface area (Å²) < 4.78 is 0. The van der Waals surface area contributed by atoms with Crippen molar-refractivity contribution in [3.8, 4) is 0 Å². The van der Waals surface area contributed by atoms with Crippen molar-refractivity contribution in [2.75, 3.05) is 6.54 Å². The molecule has 0 fully saturated rings. The summed E-state index contributed by atoms with van der Waals surface area (Å²) in [6.45, 7) is 4.64. The lowest BCUT2D eigenvalue weighted by molar-refractivity contribution is 0.0949. The molecule has 0 spiro atoms. The van der Waals surface area contributed by atoms with Crippen LogP contribution < -0.4 is 5.32 Å². The third-order valence-corrected chi connectivity index (χ3v) is 2.25. The highest BCUT2D eigenvalue weighted by molar-refractivity contribution is 6.35. The molecule has 0 atom stereocenters. The maximum atomic E-state index is 11.6. The molecule has 5 heteroatoms. The summed E-state index contributed by atoms with van der Waals surface area (Å²) in [5.74, 6) is 0.169. The van der Waals surface area contributed by atoms with Crippen molar-refractivity contribution < 1.29 is 4.79 Å². The Labute approximate surface area is 98.8 Å². The van der Waals surface area contributed by atoms with Crippen LogP contribution in [0.3, 0.4) is 0 Å². The van der Waals surface area contributed by atoms with E-state index in [9.17, 15) is 4.79 Å². The van der Waals surface area contributed by atoms with Gasteiger partial charge in [0.2, 0.25) is 0 Å². The molecule has 0 aliphatic rings. The summed E-state index contributed by atoms with van der Waals surface area (Å²) in [7, 11) is 0. The second-order valence-electron chi connectivity index (χ2n) is 3.59. The SMILES string of the molecule is CC(C)CNC(=O)c1cc(Cl)ncc1Cl. The first-order chi connectivity index (χ1) is 7.00. The number of hydrogen-bond acceptors (Lipinski definition) is 2. The van der Waals surface area contributed by atoms with Crippen LogP contribution in [0.4, 0.5) is 0 Å². The van der Waals surface area contributed by atoms with E-state index in [4.69, 9.17) is 23.2 Å². The highest BCUT2D eigenvalue weighted by atomic mass is 35.5. The number of amides is 1. The van der Waals surface area contributed by atoms with Crippen LogP contribution in [-0.2, 0) is 0 Å². The Morgan fingerprint density at radius 3 is 2.80 bits per heavy atom. The second-order valence-corrected chi connectivity index (χ2v) is 4.39. The van der Waals surface area contributed by atoms with Crippen LogP contribution in [-0.4, -0.2) is 17.4 Å². The number of nitrogens with one attached hydrogen (secondary N) is 1. The standard InChI is InChI=1S/C10H12Cl2N2O/c1-6(2)4-14-10(15)7-3-9(12)13-5-8(7)11/h3,5-6H,4H2,1-2H3,(H,14,15). The van der Waals surface area contributed by atoms with E-state index in [1.165, 1.54) is 12.3 Å². The van der Waals surface area contributed by atoms with Gasteiger partial charge in [-0.3, -0.25) is 4.79 Å². The summed E-state index contributed by atoms with van der Waals surface area (Å²) in [5, 5.41) is 3.32. The first-order valence-corrected chi connectivity index (χ1v) is 5.35. The minimum atomic E-state index is -0.224. The Kier molecular flexibility index (Phi) is 4.36. The van der Waals surface area contributed by atoms with Crippen molar-refractivity contribution in [2.45, 2.75) is 13.8 Å². The summed E-state index contributed by atoms with van der Waals surface area (Å²) in [6.07, 6.45) is 1.37. The van der Waals surface area contributed by atoms with Gasteiger partial charge in [0.05, 0.1) is 10.6 Å². The van der Waals surface area contributed by atoms with Gasteiger partial charge in [0.15, 0.2) is 0 Å². The monoisotopic (exact) mass is 246 g/mol. The van der Waals surface area contributed by atoms with E-state index >= 15 is 0 Å². The molecule has 0 aliphatic heterocycles. The third-order valence-electron chi connectivity index (χ3n) is 1.74. The lowest BCUT2D eigenvalue weighted by atomic mass is 10.2. The Morgan fingerprint density at radius 2 is 2.20 bits per heavy atom. The molecule has 0 saturated heterocycles. The molecular weight excluding hydrogens is 235 g/mol. The van der Waals surface area contributed by atoms with Crippen molar-refractivity contribution in [3.05, 3.63) is 28.0 Å². The quantitative estimate of drug-likeness (QED) is 0.834. The summed E-state index contributed by atoms with van der Waals surface area (Å²) in [5.41, 5.74) is 0.359. The number of carbonyl (C=O) groups is 1. The fraction of sp³-hybridized carbons (Fsp3) is 0.400. The van der Waals surface area contributed by atoms with Gasteiger partial charge in [-0.25, -0.2) is 4.98 Å².